The Morgan fingerprint density at radius 3 is 2.39 bits per heavy atom. The van der Waals surface area contributed by atoms with Gasteiger partial charge in [0.25, 0.3) is 5.91 Å². The highest BCUT2D eigenvalue weighted by Gasteiger charge is 2.37. The fraction of sp³-hybridized carbons (Fsp3) is 0.385. The molecule has 2 aromatic carbocycles. The number of benzene rings is 2. The van der Waals surface area contributed by atoms with Crippen LogP contribution in [0.1, 0.15) is 30.6 Å². The molecule has 3 rings (SSSR count). The molecule has 0 aromatic heterocycles. The summed E-state index contributed by atoms with van der Waals surface area (Å²) >= 11 is 0. The second-order valence-corrected chi connectivity index (χ2v) is 8.67. The number of carbonyl (C=O) groups is 4. The lowest BCUT2D eigenvalue weighted by atomic mass is 10.1. The highest BCUT2D eigenvalue weighted by Crippen LogP contribution is 2.36. The minimum atomic E-state index is -0.725. The molecule has 192 valence electrons. The van der Waals surface area contributed by atoms with Crippen molar-refractivity contribution in [2.45, 2.75) is 20.3 Å². The van der Waals surface area contributed by atoms with Crippen molar-refractivity contribution in [2.24, 2.45) is 11.8 Å². The molecule has 0 bridgehead atoms. The highest BCUT2D eigenvalue weighted by molar-refractivity contribution is 6.01. The molecule has 1 aliphatic rings. The number of amides is 2. The third-order valence-corrected chi connectivity index (χ3v) is 5.43. The first-order chi connectivity index (χ1) is 17.2. The summed E-state index contributed by atoms with van der Waals surface area (Å²) in [6, 6.07) is 11.2. The van der Waals surface area contributed by atoms with Crippen molar-refractivity contribution in [1.29, 1.82) is 0 Å². The van der Waals surface area contributed by atoms with Crippen LogP contribution in [0.4, 0.5) is 11.4 Å². The molecule has 1 atom stereocenters. The van der Waals surface area contributed by atoms with E-state index in [-0.39, 0.29) is 24.8 Å². The summed E-state index contributed by atoms with van der Waals surface area (Å²) in [5.74, 6) is -1.39. The van der Waals surface area contributed by atoms with Gasteiger partial charge in [0.2, 0.25) is 5.91 Å². The highest BCUT2D eigenvalue weighted by atomic mass is 16.5. The van der Waals surface area contributed by atoms with Gasteiger partial charge in [0.1, 0.15) is 11.5 Å². The fourth-order valence-electron chi connectivity index (χ4n) is 3.57. The molecular weight excluding hydrogens is 468 g/mol. The van der Waals surface area contributed by atoms with Crippen LogP contribution < -0.4 is 19.7 Å². The van der Waals surface area contributed by atoms with Crippen molar-refractivity contribution < 1.29 is 38.1 Å². The van der Waals surface area contributed by atoms with Crippen molar-refractivity contribution in [2.75, 3.05) is 44.2 Å². The number of ether oxygens (including phenoxy) is 4. The largest absolute Gasteiger partial charge is 0.497 e. The average molecular weight is 499 g/mol. The Morgan fingerprint density at radius 2 is 1.75 bits per heavy atom. The second kappa shape index (κ2) is 12.1. The van der Waals surface area contributed by atoms with Gasteiger partial charge in [-0.15, -0.1) is 0 Å². The van der Waals surface area contributed by atoms with Gasteiger partial charge in [-0.1, -0.05) is 13.8 Å². The van der Waals surface area contributed by atoms with Crippen LogP contribution in [0.3, 0.4) is 0 Å². The molecule has 1 saturated heterocycles. The van der Waals surface area contributed by atoms with Crippen LogP contribution in [0, 0.1) is 11.8 Å². The zero-order chi connectivity index (χ0) is 26.2. The summed E-state index contributed by atoms with van der Waals surface area (Å²) in [5.41, 5.74) is 1.29. The number of carbonyl (C=O) groups excluding carboxylic acids is 4. The van der Waals surface area contributed by atoms with Gasteiger partial charge in [-0.3, -0.25) is 14.4 Å². The zero-order valence-corrected chi connectivity index (χ0v) is 20.7. The van der Waals surface area contributed by atoms with E-state index in [1.54, 1.807) is 30.3 Å². The van der Waals surface area contributed by atoms with Crippen molar-refractivity contribution in [3.63, 3.8) is 0 Å². The Morgan fingerprint density at radius 1 is 1.03 bits per heavy atom. The first kappa shape index (κ1) is 26.5. The SMILES string of the molecule is COc1ccc(OC)c(N2C[C@H](C(=O)OCC(=O)Nc3ccc(C(=O)OCC(C)C)cc3)CC2=O)c1. The van der Waals surface area contributed by atoms with E-state index in [1.165, 1.54) is 31.3 Å². The van der Waals surface area contributed by atoms with Crippen LogP contribution in [0.25, 0.3) is 0 Å². The summed E-state index contributed by atoms with van der Waals surface area (Å²) in [4.78, 5) is 50.8. The third-order valence-electron chi connectivity index (χ3n) is 5.43. The summed E-state index contributed by atoms with van der Waals surface area (Å²) in [6.45, 7) is 3.79. The van der Waals surface area contributed by atoms with Gasteiger partial charge < -0.3 is 29.2 Å². The first-order valence-corrected chi connectivity index (χ1v) is 11.5. The number of methoxy groups -OCH3 is 2. The van der Waals surface area contributed by atoms with E-state index < -0.39 is 30.4 Å². The van der Waals surface area contributed by atoms with E-state index in [9.17, 15) is 19.2 Å². The van der Waals surface area contributed by atoms with Gasteiger partial charge in [-0.2, -0.15) is 0 Å². The van der Waals surface area contributed by atoms with E-state index in [0.29, 0.717) is 35.0 Å². The second-order valence-electron chi connectivity index (χ2n) is 8.67. The molecule has 0 saturated carbocycles. The topological polar surface area (TPSA) is 120 Å². The van der Waals surface area contributed by atoms with Gasteiger partial charge in [0.05, 0.1) is 38.0 Å². The molecule has 0 radical (unpaired) electrons. The Kier molecular flexibility index (Phi) is 8.88. The predicted octanol–water partition coefficient (Wildman–Crippen LogP) is 3.05. The molecule has 1 fully saturated rings. The normalized spacial score (nSPS) is 15.0. The number of esters is 2. The minimum Gasteiger partial charge on any atom is -0.497 e. The van der Waals surface area contributed by atoms with Gasteiger partial charge in [0, 0.05) is 24.7 Å². The molecule has 0 aliphatic carbocycles. The number of anilines is 2. The molecule has 10 heteroatoms. The lowest BCUT2D eigenvalue weighted by molar-refractivity contribution is -0.151. The first-order valence-electron chi connectivity index (χ1n) is 11.5. The molecule has 1 heterocycles. The molecule has 2 amide bonds. The van der Waals surface area contributed by atoms with Crippen LogP contribution in [-0.2, 0) is 23.9 Å². The molecule has 0 unspecified atom stereocenters. The summed E-state index contributed by atoms with van der Waals surface area (Å²) in [7, 11) is 3.00. The molecule has 10 nitrogen and oxygen atoms in total. The van der Waals surface area contributed by atoms with E-state index in [2.05, 4.69) is 5.32 Å². The molecule has 0 spiro atoms. The van der Waals surface area contributed by atoms with Gasteiger partial charge in [-0.05, 0) is 42.3 Å². The summed E-state index contributed by atoms with van der Waals surface area (Å²) in [5, 5.41) is 2.60. The minimum absolute atomic E-state index is 0.0464. The maximum Gasteiger partial charge on any atom is 0.338 e. The lowest BCUT2D eigenvalue weighted by Gasteiger charge is -2.20. The van der Waals surface area contributed by atoms with E-state index in [4.69, 9.17) is 18.9 Å². The lowest BCUT2D eigenvalue weighted by Crippen LogP contribution is -2.28. The molecule has 2 aromatic rings. The van der Waals surface area contributed by atoms with E-state index in [1.807, 2.05) is 13.8 Å². The maximum atomic E-state index is 12.6. The van der Waals surface area contributed by atoms with Crippen LogP contribution in [0.5, 0.6) is 11.5 Å². The smallest absolute Gasteiger partial charge is 0.338 e. The molecule has 36 heavy (non-hydrogen) atoms. The summed E-state index contributed by atoms with van der Waals surface area (Å²) < 4.78 is 20.9. The standard InChI is InChI=1S/C26H30N2O8/c1-16(2)14-35-25(31)17-5-7-19(8-6-17)27-23(29)15-36-26(32)18-11-24(30)28(13-18)21-12-20(33-3)9-10-22(21)34-4/h5-10,12,16,18H,11,13-15H2,1-4H3,(H,27,29)/t18-/m1/s1. The van der Waals surface area contributed by atoms with Crippen molar-refractivity contribution in [3.05, 3.63) is 48.0 Å². The van der Waals surface area contributed by atoms with Crippen LogP contribution in [0.2, 0.25) is 0 Å². The van der Waals surface area contributed by atoms with E-state index >= 15 is 0 Å². The van der Waals surface area contributed by atoms with Crippen LogP contribution in [0.15, 0.2) is 42.5 Å². The molecule has 1 N–H and O–H groups in total. The van der Waals surface area contributed by atoms with Crippen molar-refractivity contribution >= 4 is 35.1 Å². The van der Waals surface area contributed by atoms with Crippen molar-refractivity contribution in [1.82, 2.24) is 0 Å². The fourth-order valence-corrected chi connectivity index (χ4v) is 3.57. The average Bonchev–Trinajstić information content (AvgIpc) is 3.27. The van der Waals surface area contributed by atoms with E-state index in [0.717, 1.165) is 0 Å². The Labute approximate surface area is 209 Å². The monoisotopic (exact) mass is 498 g/mol. The number of hydrogen-bond acceptors (Lipinski definition) is 8. The van der Waals surface area contributed by atoms with Gasteiger partial charge >= 0.3 is 11.9 Å². The molecule has 1 aliphatic heterocycles. The number of rotatable bonds is 10. The van der Waals surface area contributed by atoms with Gasteiger partial charge in [-0.25, -0.2) is 4.79 Å². The third kappa shape index (κ3) is 6.74. The van der Waals surface area contributed by atoms with Crippen LogP contribution >= 0.6 is 0 Å². The Balaban J connectivity index is 1.51. The maximum absolute atomic E-state index is 12.6. The number of nitrogens with one attached hydrogen (secondary N) is 1. The van der Waals surface area contributed by atoms with Crippen molar-refractivity contribution in [3.8, 4) is 11.5 Å². The Bertz CT molecular complexity index is 1110. The summed E-state index contributed by atoms with van der Waals surface area (Å²) in [6.07, 6.45) is -0.0464. The predicted molar refractivity (Wildman–Crippen MR) is 131 cm³/mol. The number of nitrogens with zero attached hydrogens (tertiary/aromatic N) is 1. The number of hydrogen-bond donors (Lipinski definition) is 1. The Hall–Kier alpha value is -4.08. The molecular formula is C26H30N2O8. The quantitative estimate of drug-likeness (QED) is 0.496. The van der Waals surface area contributed by atoms with Gasteiger partial charge in [0.15, 0.2) is 6.61 Å². The zero-order valence-electron chi connectivity index (χ0n) is 20.7. The van der Waals surface area contributed by atoms with Crippen LogP contribution in [-0.4, -0.2) is 57.7 Å².